The Bertz CT molecular complexity index is 627. The van der Waals surface area contributed by atoms with Crippen molar-refractivity contribution in [2.24, 2.45) is 11.8 Å². The molecule has 2 saturated heterocycles. The maximum Gasteiger partial charge on any atom is 0.242 e. The third-order valence-corrected chi connectivity index (χ3v) is 5.39. The van der Waals surface area contributed by atoms with E-state index in [1.165, 1.54) is 0 Å². The summed E-state index contributed by atoms with van der Waals surface area (Å²) in [6.07, 6.45) is 0. The fraction of sp³-hybridized carbons (Fsp3) is 0.556. The maximum atomic E-state index is 12.3. The molecule has 136 valence electrons. The van der Waals surface area contributed by atoms with E-state index in [2.05, 4.69) is 15.5 Å². The summed E-state index contributed by atoms with van der Waals surface area (Å²) in [6.45, 7) is 6.62. The van der Waals surface area contributed by atoms with Gasteiger partial charge in [0.25, 0.3) is 0 Å². The monoisotopic (exact) mass is 364 g/mol. The molecule has 1 aromatic rings. The number of amides is 2. The summed E-state index contributed by atoms with van der Waals surface area (Å²) >= 11 is 6.04. The number of hydrogen-bond donors (Lipinski definition) is 2. The first-order chi connectivity index (χ1) is 12.0. The first-order valence-electron chi connectivity index (χ1n) is 8.81. The Morgan fingerprint density at radius 3 is 2.60 bits per heavy atom. The van der Waals surface area contributed by atoms with E-state index in [9.17, 15) is 9.59 Å². The molecule has 1 aromatic carbocycles. The molecule has 2 N–H and O–H groups in total. The molecule has 2 fully saturated rings. The summed E-state index contributed by atoms with van der Waals surface area (Å²) < 4.78 is 0. The van der Waals surface area contributed by atoms with Crippen LogP contribution in [0, 0.1) is 11.8 Å². The van der Waals surface area contributed by atoms with Gasteiger partial charge in [0.2, 0.25) is 11.8 Å². The van der Waals surface area contributed by atoms with Crippen LogP contribution in [0.1, 0.15) is 6.92 Å². The topological polar surface area (TPSA) is 64.7 Å². The van der Waals surface area contributed by atoms with Crippen molar-refractivity contribution >= 4 is 29.1 Å². The van der Waals surface area contributed by atoms with Crippen LogP contribution in [0.2, 0.25) is 5.02 Å². The van der Waals surface area contributed by atoms with Gasteiger partial charge in [-0.15, -0.1) is 0 Å². The first-order valence-corrected chi connectivity index (χ1v) is 9.19. The Morgan fingerprint density at radius 1 is 1.28 bits per heavy atom. The summed E-state index contributed by atoms with van der Waals surface area (Å²) in [4.78, 5) is 28.5. The van der Waals surface area contributed by atoms with Crippen LogP contribution in [-0.4, -0.2) is 62.5 Å². The molecule has 1 atom stereocenters. The molecule has 0 aromatic heterocycles. The molecule has 6 nitrogen and oxygen atoms in total. The van der Waals surface area contributed by atoms with Crippen LogP contribution in [0.25, 0.3) is 0 Å². The van der Waals surface area contributed by atoms with Gasteiger partial charge in [0.05, 0.1) is 6.54 Å². The smallest absolute Gasteiger partial charge is 0.242 e. The van der Waals surface area contributed by atoms with Gasteiger partial charge in [-0.3, -0.25) is 9.59 Å². The summed E-state index contributed by atoms with van der Waals surface area (Å²) in [5.74, 6) is 0.292. The molecule has 0 saturated carbocycles. The van der Waals surface area contributed by atoms with Crippen molar-refractivity contribution in [3.05, 3.63) is 29.3 Å². The minimum atomic E-state index is -0.0475. The number of carbonyl (C=O) groups is 2. The SMILES string of the molecule is CC(C(=O)NCC(=O)N1CCN(c2cccc(Cl)c2)CC1)C1CNC1. The molecule has 2 aliphatic rings. The van der Waals surface area contributed by atoms with Crippen molar-refractivity contribution in [2.75, 3.05) is 50.7 Å². The Balaban J connectivity index is 1.43. The van der Waals surface area contributed by atoms with E-state index in [-0.39, 0.29) is 24.3 Å². The zero-order valence-corrected chi connectivity index (χ0v) is 15.3. The molecule has 7 heteroatoms. The maximum absolute atomic E-state index is 12.3. The Kier molecular flexibility index (Phi) is 5.81. The van der Waals surface area contributed by atoms with E-state index < -0.39 is 0 Å². The molecule has 2 aliphatic heterocycles. The molecule has 0 spiro atoms. The van der Waals surface area contributed by atoms with Crippen molar-refractivity contribution < 1.29 is 9.59 Å². The van der Waals surface area contributed by atoms with Crippen LogP contribution in [-0.2, 0) is 9.59 Å². The van der Waals surface area contributed by atoms with E-state index >= 15 is 0 Å². The molecule has 0 aliphatic carbocycles. The second-order valence-electron chi connectivity index (χ2n) is 6.77. The van der Waals surface area contributed by atoms with E-state index in [0.29, 0.717) is 19.0 Å². The highest BCUT2D eigenvalue weighted by atomic mass is 35.5. The fourth-order valence-corrected chi connectivity index (χ4v) is 3.39. The third kappa shape index (κ3) is 4.44. The molecule has 2 heterocycles. The zero-order valence-electron chi connectivity index (χ0n) is 14.5. The highest BCUT2D eigenvalue weighted by Crippen LogP contribution is 2.21. The van der Waals surface area contributed by atoms with Gasteiger partial charge < -0.3 is 20.4 Å². The summed E-state index contributed by atoms with van der Waals surface area (Å²) in [6, 6.07) is 7.76. The molecular weight excluding hydrogens is 340 g/mol. The lowest BCUT2D eigenvalue weighted by atomic mass is 9.88. The van der Waals surface area contributed by atoms with Gasteiger partial charge >= 0.3 is 0 Å². The van der Waals surface area contributed by atoms with Crippen molar-refractivity contribution in [2.45, 2.75) is 6.92 Å². The average Bonchev–Trinajstić information content (AvgIpc) is 2.58. The van der Waals surface area contributed by atoms with Gasteiger partial charge in [-0.1, -0.05) is 24.6 Å². The quantitative estimate of drug-likeness (QED) is 0.817. The molecule has 25 heavy (non-hydrogen) atoms. The summed E-state index contributed by atoms with van der Waals surface area (Å²) in [5.41, 5.74) is 1.08. The number of rotatable bonds is 5. The minimum absolute atomic E-state index is 0.0157. The molecule has 1 unspecified atom stereocenters. The highest BCUT2D eigenvalue weighted by Gasteiger charge is 2.29. The lowest BCUT2D eigenvalue weighted by Gasteiger charge is -2.36. The molecule has 0 bridgehead atoms. The number of nitrogens with one attached hydrogen (secondary N) is 2. The number of hydrogen-bond acceptors (Lipinski definition) is 4. The van der Waals surface area contributed by atoms with Gasteiger partial charge in [0.1, 0.15) is 0 Å². The molecule has 3 rings (SSSR count). The van der Waals surface area contributed by atoms with Gasteiger partial charge in [0, 0.05) is 42.8 Å². The normalized spacial score (nSPS) is 19.3. The Morgan fingerprint density at radius 2 is 2.00 bits per heavy atom. The summed E-state index contributed by atoms with van der Waals surface area (Å²) in [7, 11) is 0. The van der Waals surface area contributed by atoms with Crippen molar-refractivity contribution in [1.29, 1.82) is 0 Å². The van der Waals surface area contributed by atoms with Crippen LogP contribution in [0.4, 0.5) is 5.69 Å². The van der Waals surface area contributed by atoms with Gasteiger partial charge in [-0.2, -0.15) is 0 Å². The predicted molar refractivity (Wildman–Crippen MR) is 98.8 cm³/mol. The second kappa shape index (κ2) is 8.06. The van der Waals surface area contributed by atoms with E-state index in [4.69, 9.17) is 11.6 Å². The van der Waals surface area contributed by atoms with Crippen LogP contribution in [0.15, 0.2) is 24.3 Å². The third-order valence-electron chi connectivity index (χ3n) is 5.15. The number of carbonyl (C=O) groups excluding carboxylic acids is 2. The number of nitrogens with zero attached hydrogens (tertiary/aromatic N) is 2. The standard InChI is InChI=1S/C18H25ClN4O2/c1-13(14-10-20-11-14)18(25)21-12-17(24)23-7-5-22(6-8-23)16-4-2-3-15(19)9-16/h2-4,9,13-14,20H,5-8,10-12H2,1H3,(H,21,25). The lowest BCUT2D eigenvalue weighted by Crippen LogP contribution is -2.53. The van der Waals surface area contributed by atoms with Gasteiger partial charge in [-0.05, 0) is 37.2 Å². The fourth-order valence-electron chi connectivity index (χ4n) is 3.20. The van der Waals surface area contributed by atoms with E-state index in [1.807, 2.05) is 36.1 Å². The molecule has 2 amide bonds. The van der Waals surface area contributed by atoms with E-state index in [0.717, 1.165) is 36.9 Å². The number of benzene rings is 1. The predicted octanol–water partition coefficient (Wildman–Crippen LogP) is 0.960. The van der Waals surface area contributed by atoms with Crippen molar-refractivity contribution in [3.8, 4) is 0 Å². The minimum Gasteiger partial charge on any atom is -0.368 e. The van der Waals surface area contributed by atoms with Crippen molar-refractivity contribution in [1.82, 2.24) is 15.5 Å². The van der Waals surface area contributed by atoms with Crippen LogP contribution >= 0.6 is 11.6 Å². The Labute approximate surface area is 153 Å². The number of piperazine rings is 1. The largest absolute Gasteiger partial charge is 0.368 e. The Hall–Kier alpha value is -1.79. The van der Waals surface area contributed by atoms with Crippen LogP contribution < -0.4 is 15.5 Å². The number of halogens is 1. The summed E-state index contributed by atoms with van der Waals surface area (Å²) in [5, 5.41) is 6.67. The highest BCUT2D eigenvalue weighted by molar-refractivity contribution is 6.30. The van der Waals surface area contributed by atoms with Crippen molar-refractivity contribution in [3.63, 3.8) is 0 Å². The average molecular weight is 365 g/mol. The zero-order chi connectivity index (χ0) is 17.8. The molecular formula is C18H25ClN4O2. The first kappa shape index (κ1) is 18.0. The van der Waals surface area contributed by atoms with Gasteiger partial charge in [-0.25, -0.2) is 0 Å². The van der Waals surface area contributed by atoms with Gasteiger partial charge in [0.15, 0.2) is 0 Å². The lowest BCUT2D eigenvalue weighted by molar-refractivity contribution is -0.134. The van der Waals surface area contributed by atoms with E-state index in [1.54, 1.807) is 0 Å². The van der Waals surface area contributed by atoms with Crippen LogP contribution in [0.5, 0.6) is 0 Å². The number of anilines is 1. The second-order valence-corrected chi connectivity index (χ2v) is 7.21. The molecule has 0 radical (unpaired) electrons. The van der Waals surface area contributed by atoms with Crippen LogP contribution in [0.3, 0.4) is 0 Å².